The lowest BCUT2D eigenvalue weighted by Crippen LogP contribution is -2.14. The van der Waals surface area contributed by atoms with Crippen LogP contribution in [0.15, 0.2) is 18.2 Å². The van der Waals surface area contributed by atoms with E-state index in [-0.39, 0.29) is 29.6 Å². The Morgan fingerprint density at radius 3 is 2.60 bits per heavy atom. The van der Waals surface area contributed by atoms with Crippen molar-refractivity contribution in [3.63, 3.8) is 0 Å². The molecule has 1 aromatic rings. The Hall–Kier alpha value is -1.65. The van der Waals surface area contributed by atoms with Crippen molar-refractivity contribution in [2.45, 2.75) is 38.0 Å². The Bertz CT molecular complexity index is 504. The third-order valence-corrected chi connectivity index (χ3v) is 3.71. The van der Waals surface area contributed by atoms with E-state index in [2.05, 4.69) is 0 Å². The van der Waals surface area contributed by atoms with Crippen LogP contribution in [0.1, 0.15) is 43.2 Å². The molecular formula is C15H18F2O3. The number of halogens is 2. The molecule has 1 fully saturated rings. The average molecular weight is 284 g/mol. The van der Waals surface area contributed by atoms with Crippen LogP contribution in [0.2, 0.25) is 0 Å². The maximum Gasteiger partial charge on any atom is 0.303 e. The number of carboxylic acids is 1. The summed E-state index contributed by atoms with van der Waals surface area (Å²) in [4.78, 5) is 11.0. The van der Waals surface area contributed by atoms with E-state index in [9.17, 15) is 13.6 Å². The van der Waals surface area contributed by atoms with E-state index in [1.165, 1.54) is 13.2 Å². The standard InChI is InChI=1S/C15H18F2O3/c1-15(16,17)12-5-3-4-10(14(12)20-2)11(8-13(18)19)9-6-7-9/h3-5,9,11H,6-8H2,1-2H3,(H,18,19). The summed E-state index contributed by atoms with van der Waals surface area (Å²) >= 11 is 0. The van der Waals surface area contributed by atoms with Crippen LogP contribution in [0.25, 0.3) is 0 Å². The van der Waals surface area contributed by atoms with E-state index >= 15 is 0 Å². The number of carbonyl (C=O) groups is 1. The van der Waals surface area contributed by atoms with Crippen LogP contribution in [0.5, 0.6) is 5.75 Å². The van der Waals surface area contributed by atoms with Gasteiger partial charge in [0.1, 0.15) is 5.75 Å². The molecule has 1 aliphatic rings. The summed E-state index contributed by atoms with van der Waals surface area (Å²) in [5.74, 6) is -3.82. The Labute approximate surface area is 116 Å². The van der Waals surface area contributed by atoms with Crippen molar-refractivity contribution < 1.29 is 23.4 Å². The van der Waals surface area contributed by atoms with Gasteiger partial charge in [-0.3, -0.25) is 4.79 Å². The van der Waals surface area contributed by atoms with Crippen molar-refractivity contribution in [1.82, 2.24) is 0 Å². The van der Waals surface area contributed by atoms with Crippen molar-refractivity contribution in [2.75, 3.05) is 7.11 Å². The number of aliphatic carboxylic acids is 1. The van der Waals surface area contributed by atoms with E-state index in [0.29, 0.717) is 5.56 Å². The van der Waals surface area contributed by atoms with Crippen molar-refractivity contribution in [2.24, 2.45) is 5.92 Å². The number of methoxy groups -OCH3 is 1. The number of rotatable bonds is 6. The number of hydrogen-bond donors (Lipinski definition) is 1. The SMILES string of the molecule is COc1c(C(CC(=O)O)C2CC2)cccc1C(C)(F)F. The van der Waals surface area contributed by atoms with Gasteiger partial charge in [-0.05, 0) is 30.4 Å². The number of para-hydroxylation sites is 1. The lowest BCUT2D eigenvalue weighted by atomic mass is 9.88. The van der Waals surface area contributed by atoms with Gasteiger partial charge < -0.3 is 9.84 Å². The average Bonchev–Trinajstić information content (AvgIpc) is 3.18. The lowest BCUT2D eigenvalue weighted by molar-refractivity contribution is -0.137. The predicted molar refractivity (Wildman–Crippen MR) is 70.3 cm³/mol. The summed E-state index contributed by atoms with van der Waals surface area (Å²) in [6, 6.07) is 4.56. The fourth-order valence-electron chi connectivity index (χ4n) is 2.64. The highest BCUT2D eigenvalue weighted by molar-refractivity contribution is 5.68. The van der Waals surface area contributed by atoms with Crippen molar-refractivity contribution >= 4 is 5.97 Å². The van der Waals surface area contributed by atoms with Gasteiger partial charge in [0.05, 0.1) is 19.1 Å². The zero-order chi connectivity index (χ0) is 14.9. The molecule has 1 saturated carbocycles. The predicted octanol–water partition coefficient (Wildman–Crippen LogP) is 3.78. The minimum absolute atomic E-state index is 0.0558. The number of alkyl halides is 2. The molecule has 110 valence electrons. The van der Waals surface area contributed by atoms with E-state index < -0.39 is 11.9 Å². The van der Waals surface area contributed by atoms with Gasteiger partial charge in [-0.15, -0.1) is 0 Å². The fraction of sp³-hybridized carbons (Fsp3) is 0.533. The maximum absolute atomic E-state index is 13.6. The number of hydrogen-bond acceptors (Lipinski definition) is 2. The first-order valence-corrected chi connectivity index (χ1v) is 6.61. The molecule has 1 aliphatic carbocycles. The molecule has 1 unspecified atom stereocenters. The quantitative estimate of drug-likeness (QED) is 0.864. The normalized spacial score (nSPS) is 16.8. The lowest BCUT2D eigenvalue weighted by Gasteiger charge is -2.22. The summed E-state index contributed by atoms with van der Waals surface area (Å²) in [6.45, 7) is 0.817. The van der Waals surface area contributed by atoms with Gasteiger partial charge >= 0.3 is 5.97 Å². The van der Waals surface area contributed by atoms with Gasteiger partial charge in [0.25, 0.3) is 5.92 Å². The molecule has 1 aromatic carbocycles. The number of carboxylic acid groups (broad SMARTS) is 1. The van der Waals surface area contributed by atoms with Crippen LogP contribution < -0.4 is 4.74 Å². The Morgan fingerprint density at radius 2 is 2.15 bits per heavy atom. The van der Waals surface area contributed by atoms with Gasteiger partial charge in [-0.1, -0.05) is 12.1 Å². The second kappa shape index (κ2) is 5.38. The zero-order valence-corrected chi connectivity index (χ0v) is 11.5. The minimum Gasteiger partial charge on any atom is -0.496 e. The Kier molecular flexibility index (Phi) is 3.97. The highest BCUT2D eigenvalue weighted by Gasteiger charge is 2.38. The molecule has 1 N–H and O–H groups in total. The van der Waals surface area contributed by atoms with E-state index in [0.717, 1.165) is 19.8 Å². The molecule has 0 bridgehead atoms. The molecule has 0 spiro atoms. The summed E-state index contributed by atoms with van der Waals surface area (Å²) in [7, 11) is 1.35. The number of ether oxygens (including phenoxy) is 1. The Morgan fingerprint density at radius 1 is 1.50 bits per heavy atom. The highest BCUT2D eigenvalue weighted by atomic mass is 19.3. The van der Waals surface area contributed by atoms with Crippen LogP contribution in [0.4, 0.5) is 8.78 Å². The summed E-state index contributed by atoms with van der Waals surface area (Å²) < 4.78 is 32.4. The van der Waals surface area contributed by atoms with Crippen LogP contribution in [0.3, 0.4) is 0 Å². The van der Waals surface area contributed by atoms with Crippen LogP contribution in [0, 0.1) is 5.92 Å². The van der Waals surface area contributed by atoms with Crippen LogP contribution in [-0.4, -0.2) is 18.2 Å². The minimum atomic E-state index is -3.02. The van der Waals surface area contributed by atoms with Gasteiger partial charge in [0, 0.05) is 12.8 Å². The molecule has 0 amide bonds. The molecule has 0 aliphatic heterocycles. The first-order valence-electron chi connectivity index (χ1n) is 6.61. The molecule has 5 heteroatoms. The molecule has 0 saturated heterocycles. The first-order chi connectivity index (χ1) is 9.34. The molecule has 0 aromatic heterocycles. The summed E-state index contributed by atoms with van der Waals surface area (Å²) in [6.07, 6.45) is 1.82. The summed E-state index contributed by atoms with van der Waals surface area (Å²) in [5, 5.41) is 9.03. The van der Waals surface area contributed by atoms with E-state index in [4.69, 9.17) is 9.84 Å². The van der Waals surface area contributed by atoms with Gasteiger partial charge in [-0.2, -0.15) is 0 Å². The largest absolute Gasteiger partial charge is 0.496 e. The smallest absolute Gasteiger partial charge is 0.303 e. The molecule has 2 rings (SSSR count). The van der Waals surface area contributed by atoms with Crippen molar-refractivity contribution in [3.8, 4) is 5.75 Å². The molecule has 3 nitrogen and oxygen atoms in total. The topological polar surface area (TPSA) is 46.5 Å². The van der Waals surface area contributed by atoms with E-state index in [1.807, 2.05) is 0 Å². The zero-order valence-electron chi connectivity index (χ0n) is 11.5. The molecular weight excluding hydrogens is 266 g/mol. The highest BCUT2D eigenvalue weighted by Crippen LogP contribution is 2.49. The first kappa shape index (κ1) is 14.8. The summed E-state index contributed by atoms with van der Waals surface area (Å²) in [5.41, 5.74) is 0.393. The van der Waals surface area contributed by atoms with Gasteiger partial charge in [-0.25, -0.2) is 8.78 Å². The molecule has 1 atom stereocenters. The molecule has 0 heterocycles. The fourth-order valence-corrected chi connectivity index (χ4v) is 2.64. The third-order valence-electron chi connectivity index (χ3n) is 3.71. The third kappa shape index (κ3) is 3.08. The van der Waals surface area contributed by atoms with Crippen molar-refractivity contribution in [3.05, 3.63) is 29.3 Å². The number of benzene rings is 1. The van der Waals surface area contributed by atoms with Crippen LogP contribution in [-0.2, 0) is 10.7 Å². The second-order valence-electron chi connectivity index (χ2n) is 5.36. The van der Waals surface area contributed by atoms with E-state index in [1.54, 1.807) is 12.1 Å². The van der Waals surface area contributed by atoms with Gasteiger partial charge in [0.2, 0.25) is 0 Å². The monoisotopic (exact) mass is 284 g/mol. The molecule has 20 heavy (non-hydrogen) atoms. The van der Waals surface area contributed by atoms with Crippen molar-refractivity contribution in [1.29, 1.82) is 0 Å². The Balaban J connectivity index is 2.46. The van der Waals surface area contributed by atoms with Crippen LogP contribution >= 0.6 is 0 Å². The second-order valence-corrected chi connectivity index (χ2v) is 5.36. The van der Waals surface area contributed by atoms with Gasteiger partial charge in [0.15, 0.2) is 0 Å². The maximum atomic E-state index is 13.6. The molecule has 0 radical (unpaired) electrons.